The molecule has 0 aliphatic carbocycles. The minimum absolute atomic E-state index is 0.0161. The molecule has 6 heteroatoms. The maximum atomic E-state index is 13.8. The molecular weight excluding hydrogens is 717 g/mol. The zero-order chi connectivity index (χ0) is 42.6. The Morgan fingerprint density at radius 1 is 0.414 bits per heavy atom. The molecule has 0 spiro atoms. The summed E-state index contributed by atoms with van der Waals surface area (Å²) in [6.45, 7) is 11.4. The van der Waals surface area contributed by atoms with Crippen molar-refractivity contribution in [2.45, 2.75) is 284 Å². The molecule has 58 heavy (non-hydrogen) atoms. The quantitative estimate of drug-likeness (QED) is 0.0348. The van der Waals surface area contributed by atoms with Crippen molar-refractivity contribution in [2.24, 2.45) is 5.92 Å². The predicted octanol–water partition coefficient (Wildman–Crippen LogP) is 16.1. The molecule has 0 heterocycles. The molecule has 0 saturated carbocycles. The molecule has 1 amide bonds. The fourth-order valence-corrected chi connectivity index (χ4v) is 8.41. The Labute approximate surface area is 363 Å². The van der Waals surface area contributed by atoms with Crippen LogP contribution in [-0.4, -0.2) is 61.7 Å². The Morgan fingerprint density at radius 2 is 0.810 bits per heavy atom. The third-order valence-corrected chi connectivity index (χ3v) is 12.3. The van der Waals surface area contributed by atoms with Crippen LogP contribution in [0.4, 0.5) is 0 Å². The van der Waals surface area contributed by atoms with Crippen LogP contribution in [0.2, 0.25) is 0 Å². The van der Waals surface area contributed by atoms with Crippen molar-refractivity contribution in [3.05, 3.63) is 0 Å². The first-order valence-corrected chi connectivity index (χ1v) is 26.1. The SMILES string of the molecule is CCCCCCCCCCON(C(=O)CCCCN(C)C)C(CCCCCCCCCC)CCCCCCC(=O)OCCC(CCCCCCC)CCCCCCC. The molecule has 0 rings (SSSR count). The number of amides is 1. The summed E-state index contributed by atoms with van der Waals surface area (Å²) in [4.78, 5) is 35.2. The van der Waals surface area contributed by atoms with Crippen LogP contribution >= 0.6 is 0 Å². The van der Waals surface area contributed by atoms with Gasteiger partial charge in [0.25, 0.3) is 0 Å². The van der Waals surface area contributed by atoms with Gasteiger partial charge >= 0.3 is 5.97 Å². The van der Waals surface area contributed by atoms with Crippen molar-refractivity contribution in [1.29, 1.82) is 0 Å². The fourth-order valence-electron chi connectivity index (χ4n) is 8.41. The summed E-state index contributed by atoms with van der Waals surface area (Å²) in [6.07, 6.45) is 46.6. The first kappa shape index (κ1) is 56.9. The van der Waals surface area contributed by atoms with E-state index in [0.717, 1.165) is 77.2 Å². The number of hydrogen-bond acceptors (Lipinski definition) is 5. The van der Waals surface area contributed by atoms with Gasteiger partial charge in [-0.15, -0.1) is 0 Å². The smallest absolute Gasteiger partial charge is 0.305 e. The largest absolute Gasteiger partial charge is 0.466 e. The van der Waals surface area contributed by atoms with Gasteiger partial charge in [-0.05, 0) is 71.5 Å². The number of nitrogens with zero attached hydrogens (tertiary/aromatic N) is 2. The van der Waals surface area contributed by atoms with Crippen LogP contribution in [0.25, 0.3) is 0 Å². The zero-order valence-electron chi connectivity index (χ0n) is 40.4. The van der Waals surface area contributed by atoms with E-state index in [1.54, 1.807) is 0 Å². The van der Waals surface area contributed by atoms with Gasteiger partial charge in [-0.2, -0.15) is 0 Å². The average molecular weight is 821 g/mol. The van der Waals surface area contributed by atoms with E-state index in [1.807, 2.05) is 5.06 Å². The highest BCUT2D eigenvalue weighted by Crippen LogP contribution is 2.24. The van der Waals surface area contributed by atoms with Gasteiger partial charge in [-0.3, -0.25) is 14.4 Å². The Hall–Kier alpha value is -1.14. The molecule has 0 radical (unpaired) electrons. The second-order valence-corrected chi connectivity index (χ2v) is 18.4. The standard InChI is InChI=1S/C52H104N2O4/c1-7-11-15-19-21-23-27-33-41-50(54(51(55)43-36-37-46-53(5)6)58-47-38-30-24-22-20-16-12-8-2)42-34-28-29-35-44-52(56)57-48-45-49(39-31-25-17-13-9-3)40-32-26-18-14-10-4/h49-50H,7-48H2,1-6H3. The highest BCUT2D eigenvalue weighted by Gasteiger charge is 2.24. The summed E-state index contributed by atoms with van der Waals surface area (Å²) in [5, 5.41) is 1.86. The lowest BCUT2D eigenvalue weighted by Crippen LogP contribution is -2.40. The van der Waals surface area contributed by atoms with E-state index in [1.165, 1.54) is 167 Å². The Bertz CT molecular complexity index is 837. The Morgan fingerprint density at radius 3 is 1.28 bits per heavy atom. The fraction of sp³-hybridized carbons (Fsp3) is 0.962. The molecule has 0 saturated heterocycles. The maximum absolute atomic E-state index is 13.8. The second kappa shape index (κ2) is 45.4. The van der Waals surface area contributed by atoms with Gasteiger partial charge < -0.3 is 9.64 Å². The number of ether oxygens (including phenoxy) is 1. The van der Waals surface area contributed by atoms with Crippen molar-refractivity contribution in [2.75, 3.05) is 33.9 Å². The minimum atomic E-state index is -0.0161. The van der Waals surface area contributed by atoms with Crippen molar-refractivity contribution >= 4 is 11.9 Å². The zero-order valence-corrected chi connectivity index (χ0v) is 40.4. The molecule has 346 valence electrons. The molecule has 0 aromatic heterocycles. The number of carbonyl (C=O) groups is 2. The van der Waals surface area contributed by atoms with Crippen molar-refractivity contribution in [3.63, 3.8) is 0 Å². The molecule has 0 bridgehead atoms. The van der Waals surface area contributed by atoms with Gasteiger partial charge in [0.2, 0.25) is 5.91 Å². The Kier molecular flexibility index (Phi) is 44.5. The summed E-state index contributed by atoms with van der Waals surface area (Å²) in [5.41, 5.74) is 0. The lowest BCUT2D eigenvalue weighted by molar-refractivity contribution is -0.203. The topological polar surface area (TPSA) is 59.1 Å². The summed E-state index contributed by atoms with van der Waals surface area (Å²) in [6, 6.07) is 0.145. The van der Waals surface area contributed by atoms with Crippen molar-refractivity contribution in [1.82, 2.24) is 9.96 Å². The molecule has 0 fully saturated rings. The first-order chi connectivity index (χ1) is 28.4. The van der Waals surface area contributed by atoms with Gasteiger partial charge in [-0.1, -0.05) is 220 Å². The van der Waals surface area contributed by atoms with Gasteiger partial charge in [0.05, 0.1) is 19.3 Å². The monoisotopic (exact) mass is 821 g/mol. The number of hydroxylamine groups is 2. The molecule has 1 atom stereocenters. The van der Waals surface area contributed by atoms with Crippen LogP contribution in [0.5, 0.6) is 0 Å². The first-order valence-electron chi connectivity index (χ1n) is 26.1. The highest BCUT2D eigenvalue weighted by atomic mass is 16.7. The van der Waals surface area contributed by atoms with E-state index >= 15 is 0 Å². The van der Waals surface area contributed by atoms with E-state index in [4.69, 9.17) is 9.57 Å². The van der Waals surface area contributed by atoms with Crippen LogP contribution in [0.3, 0.4) is 0 Å². The lowest BCUT2D eigenvalue weighted by atomic mass is 9.92. The summed E-state index contributed by atoms with van der Waals surface area (Å²) < 4.78 is 5.79. The summed E-state index contributed by atoms with van der Waals surface area (Å²) >= 11 is 0. The predicted molar refractivity (Wildman–Crippen MR) is 252 cm³/mol. The second-order valence-electron chi connectivity index (χ2n) is 18.4. The number of esters is 1. The van der Waals surface area contributed by atoms with E-state index in [9.17, 15) is 9.59 Å². The molecule has 0 aliphatic rings. The van der Waals surface area contributed by atoms with Gasteiger partial charge in [-0.25, -0.2) is 5.06 Å². The number of hydrogen-bond donors (Lipinski definition) is 0. The third kappa shape index (κ3) is 39.0. The molecular formula is C52H104N2O4. The van der Waals surface area contributed by atoms with Crippen LogP contribution in [0, 0.1) is 5.92 Å². The van der Waals surface area contributed by atoms with Crippen LogP contribution < -0.4 is 0 Å². The van der Waals surface area contributed by atoms with Gasteiger partial charge in [0, 0.05) is 12.8 Å². The average Bonchev–Trinajstić information content (AvgIpc) is 3.21. The normalized spacial score (nSPS) is 12.2. The molecule has 0 aliphatic heterocycles. The van der Waals surface area contributed by atoms with Crippen LogP contribution in [-0.2, 0) is 19.2 Å². The molecule has 0 N–H and O–H groups in total. The Balaban J connectivity index is 5.03. The third-order valence-electron chi connectivity index (χ3n) is 12.3. The summed E-state index contributed by atoms with van der Waals surface area (Å²) in [7, 11) is 4.21. The lowest BCUT2D eigenvalue weighted by Gasteiger charge is -2.31. The molecule has 1 unspecified atom stereocenters. The van der Waals surface area contributed by atoms with Crippen molar-refractivity contribution < 1.29 is 19.2 Å². The highest BCUT2D eigenvalue weighted by molar-refractivity contribution is 5.75. The minimum Gasteiger partial charge on any atom is -0.466 e. The van der Waals surface area contributed by atoms with Crippen LogP contribution in [0.15, 0.2) is 0 Å². The number of carbonyl (C=O) groups excluding carboxylic acids is 2. The van der Waals surface area contributed by atoms with Gasteiger partial charge in [0.15, 0.2) is 0 Å². The molecule has 0 aromatic rings. The van der Waals surface area contributed by atoms with E-state index in [2.05, 4.69) is 46.7 Å². The van der Waals surface area contributed by atoms with Gasteiger partial charge in [0.1, 0.15) is 0 Å². The maximum Gasteiger partial charge on any atom is 0.305 e. The van der Waals surface area contributed by atoms with Crippen LogP contribution in [0.1, 0.15) is 278 Å². The molecule has 0 aromatic carbocycles. The molecule has 6 nitrogen and oxygen atoms in total. The number of unbranched alkanes of at least 4 members (excludes halogenated alkanes) is 26. The van der Waals surface area contributed by atoms with E-state index < -0.39 is 0 Å². The van der Waals surface area contributed by atoms with E-state index in [-0.39, 0.29) is 17.9 Å². The van der Waals surface area contributed by atoms with Crippen molar-refractivity contribution in [3.8, 4) is 0 Å². The van der Waals surface area contributed by atoms with E-state index in [0.29, 0.717) is 32.0 Å². The summed E-state index contributed by atoms with van der Waals surface area (Å²) in [5.74, 6) is 0.863. The number of rotatable bonds is 47.